The molecule has 1 aliphatic heterocycles. The Kier molecular flexibility index (Phi) is 7.20. The van der Waals surface area contributed by atoms with E-state index in [2.05, 4.69) is 181 Å². The molecule has 2 heterocycles. The van der Waals surface area contributed by atoms with Crippen molar-refractivity contribution in [2.75, 3.05) is 0 Å². The number of amidine groups is 2. The third-order valence-electron chi connectivity index (χ3n) is 10.9. The molecule has 0 radical (unpaired) electrons. The SMILES string of the molecule is c1ccc(-c2ccc(-c3cccc4c3oc3cccc(C5=NC(c6ccc7ccccc7c6)=NC(c6ccc7c(ccc8ccccc87)c6)N5)c34)cc2)cc1. The normalized spacial score (nSPS) is 14.4. The van der Waals surface area contributed by atoms with Gasteiger partial charge in [0.2, 0.25) is 0 Å². The first-order valence-electron chi connectivity index (χ1n) is 18.7. The molecule has 1 aliphatic rings. The number of nitrogens with one attached hydrogen (secondary N) is 1. The first-order chi connectivity index (χ1) is 27.2. The minimum Gasteiger partial charge on any atom is -0.455 e. The van der Waals surface area contributed by atoms with Gasteiger partial charge in [-0.3, -0.25) is 0 Å². The molecule has 1 aromatic heterocycles. The van der Waals surface area contributed by atoms with Gasteiger partial charge in [-0.05, 0) is 72.8 Å². The second kappa shape index (κ2) is 12.7. The lowest BCUT2D eigenvalue weighted by atomic mass is 9.97. The van der Waals surface area contributed by atoms with Gasteiger partial charge in [0.25, 0.3) is 0 Å². The summed E-state index contributed by atoms with van der Waals surface area (Å²) >= 11 is 0. The van der Waals surface area contributed by atoms with E-state index in [9.17, 15) is 0 Å². The van der Waals surface area contributed by atoms with E-state index in [0.717, 1.165) is 61.0 Å². The second-order valence-corrected chi connectivity index (χ2v) is 14.2. The van der Waals surface area contributed by atoms with E-state index in [0.29, 0.717) is 5.84 Å². The molecule has 9 aromatic carbocycles. The van der Waals surface area contributed by atoms with Gasteiger partial charge in [0.05, 0.1) is 0 Å². The van der Waals surface area contributed by atoms with Gasteiger partial charge in [-0.2, -0.15) is 0 Å². The number of benzene rings is 9. The Morgan fingerprint density at radius 3 is 1.98 bits per heavy atom. The number of para-hydroxylation sites is 1. The number of nitrogens with zero attached hydrogens (tertiary/aromatic N) is 2. The van der Waals surface area contributed by atoms with Gasteiger partial charge in [-0.1, -0.05) is 170 Å². The van der Waals surface area contributed by atoms with Crippen molar-refractivity contribution in [3.63, 3.8) is 0 Å². The predicted molar refractivity (Wildman–Crippen MR) is 229 cm³/mol. The Hall–Kier alpha value is -7.30. The zero-order valence-electron chi connectivity index (χ0n) is 29.8. The standard InChI is InChI=1S/C51H33N3O/c1-2-10-32(11-3-1)34-20-23-36(24-21-34)43-16-8-17-44-47-45(18-9-19-46(47)55-48(43)44)51-53-49(39-27-22-33-12-4-5-14-37(33)30-39)52-50(54-51)40-28-29-42-38(31-40)26-25-35-13-6-7-15-41(35)42/h1-31,50H,(H,52,53,54). The van der Waals surface area contributed by atoms with Crippen molar-refractivity contribution in [2.45, 2.75) is 6.17 Å². The number of hydrogen-bond donors (Lipinski definition) is 1. The zero-order chi connectivity index (χ0) is 36.3. The highest BCUT2D eigenvalue weighted by Gasteiger charge is 2.25. The van der Waals surface area contributed by atoms with Gasteiger partial charge < -0.3 is 9.73 Å². The first kappa shape index (κ1) is 31.2. The summed E-state index contributed by atoms with van der Waals surface area (Å²) in [5.74, 6) is 1.44. The van der Waals surface area contributed by atoms with Gasteiger partial charge in [-0.25, -0.2) is 9.98 Å². The lowest BCUT2D eigenvalue weighted by Crippen LogP contribution is -2.33. The van der Waals surface area contributed by atoms with E-state index in [-0.39, 0.29) is 6.17 Å². The predicted octanol–water partition coefficient (Wildman–Crippen LogP) is 12.9. The van der Waals surface area contributed by atoms with Gasteiger partial charge in [-0.15, -0.1) is 0 Å². The smallest absolute Gasteiger partial charge is 0.159 e. The maximum Gasteiger partial charge on any atom is 0.159 e. The van der Waals surface area contributed by atoms with E-state index >= 15 is 0 Å². The average Bonchev–Trinajstić information content (AvgIpc) is 3.65. The fraction of sp³-hybridized carbons (Fsp3) is 0.0196. The van der Waals surface area contributed by atoms with Crippen molar-refractivity contribution in [1.29, 1.82) is 0 Å². The Labute approximate surface area is 317 Å². The van der Waals surface area contributed by atoms with E-state index in [4.69, 9.17) is 14.4 Å². The number of furan rings is 1. The molecule has 0 bridgehead atoms. The molecule has 4 heteroatoms. The monoisotopic (exact) mass is 703 g/mol. The molecule has 1 unspecified atom stereocenters. The van der Waals surface area contributed by atoms with Gasteiger partial charge in [0.1, 0.15) is 23.2 Å². The minimum atomic E-state index is -0.364. The highest BCUT2D eigenvalue weighted by Crippen LogP contribution is 2.39. The molecule has 0 aliphatic carbocycles. The van der Waals surface area contributed by atoms with E-state index in [1.165, 1.54) is 38.1 Å². The number of rotatable bonds is 5. The summed E-state index contributed by atoms with van der Waals surface area (Å²) in [5, 5.41) is 13.0. The van der Waals surface area contributed by atoms with E-state index < -0.39 is 0 Å². The second-order valence-electron chi connectivity index (χ2n) is 14.2. The Bertz CT molecular complexity index is 3170. The quantitative estimate of drug-likeness (QED) is 0.181. The zero-order valence-corrected chi connectivity index (χ0v) is 29.8. The molecule has 1 N–H and O–H groups in total. The highest BCUT2D eigenvalue weighted by atomic mass is 16.3. The molecule has 258 valence electrons. The van der Waals surface area contributed by atoms with Crippen LogP contribution in [0.3, 0.4) is 0 Å². The van der Waals surface area contributed by atoms with E-state index in [1.54, 1.807) is 0 Å². The number of aliphatic imine (C=N–C) groups is 2. The summed E-state index contributed by atoms with van der Waals surface area (Å²) in [6, 6.07) is 66.4. The molecule has 11 rings (SSSR count). The van der Waals surface area contributed by atoms with Crippen molar-refractivity contribution in [3.8, 4) is 22.3 Å². The lowest BCUT2D eigenvalue weighted by molar-refractivity contribution is 0.669. The Morgan fingerprint density at radius 1 is 0.436 bits per heavy atom. The van der Waals surface area contributed by atoms with E-state index in [1.807, 2.05) is 12.1 Å². The van der Waals surface area contributed by atoms with Crippen molar-refractivity contribution in [1.82, 2.24) is 5.32 Å². The third-order valence-corrected chi connectivity index (χ3v) is 10.9. The fourth-order valence-corrected chi connectivity index (χ4v) is 8.16. The average molecular weight is 704 g/mol. The summed E-state index contributed by atoms with van der Waals surface area (Å²) in [6.45, 7) is 0. The van der Waals surface area contributed by atoms with Crippen LogP contribution >= 0.6 is 0 Å². The summed E-state index contributed by atoms with van der Waals surface area (Å²) in [6.07, 6.45) is -0.364. The van der Waals surface area contributed by atoms with Gasteiger partial charge in [0, 0.05) is 27.5 Å². The van der Waals surface area contributed by atoms with Crippen molar-refractivity contribution in [3.05, 3.63) is 205 Å². The molecule has 0 amide bonds. The van der Waals surface area contributed by atoms with Crippen LogP contribution < -0.4 is 5.32 Å². The summed E-state index contributed by atoms with van der Waals surface area (Å²) in [5.41, 5.74) is 9.22. The molecule has 0 saturated heterocycles. The molecule has 0 fully saturated rings. The molecule has 0 saturated carbocycles. The molecular formula is C51H33N3O. The molecule has 1 atom stereocenters. The molecule has 0 spiro atoms. The van der Waals surface area contributed by atoms with Crippen LogP contribution in [0.15, 0.2) is 202 Å². The minimum absolute atomic E-state index is 0.364. The van der Waals surface area contributed by atoms with Crippen LogP contribution in [0.25, 0.3) is 76.5 Å². The Balaban J connectivity index is 1.05. The van der Waals surface area contributed by atoms with Crippen LogP contribution in [0.4, 0.5) is 0 Å². The first-order valence-corrected chi connectivity index (χ1v) is 18.7. The van der Waals surface area contributed by atoms with Crippen LogP contribution in [-0.2, 0) is 0 Å². The summed E-state index contributed by atoms with van der Waals surface area (Å²) in [4.78, 5) is 10.6. The van der Waals surface area contributed by atoms with Crippen LogP contribution in [0.5, 0.6) is 0 Å². The highest BCUT2D eigenvalue weighted by molar-refractivity contribution is 6.23. The number of hydrogen-bond acceptors (Lipinski definition) is 4. The maximum atomic E-state index is 6.73. The summed E-state index contributed by atoms with van der Waals surface area (Å²) in [7, 11) is 0. The lowest BCUT2D eigenvalue weighted by Gasteiger charge is -2.24. The van der Waals surface area contributed by atoms with Gasteiger partial charge in [0.15, 0.2) is 5.84 Å². The summed E-state index contributed by atoms with van der Waals surface area (Å²) < 4.78 is 6.73. The molecular weight excluding hydrogens is 671 g/mol. The number of fused-ring (bicyclic) bond motifs is 7. The van der Waals surface area contributed by atoms with Crippen molar-refractivity contribution >= 4 is 65.9 Å². The fourth-order valence-electron chi connectivity index (χ4n) is 8.16. The van der Waals surface area contributed by atoms with Crippen molar-refractivity contribution in [2.24, 2.45) is 9.98 Å². The van der Waals surface area contributed by atoms with Crippen LogP contribution in [0.2, 0.25) is 0 Å². The van der Waals surface area contributed by atoms with Crippen molar-refractivity contribution < 1.29 is 4.42 Å². The molecule has 4 nitrogen and oxygen atoms in total. The molecule has 55 heavy (non-hydrogen) atoms. The maximum absolute atomic E-state index is 6.73. The topological polar surface area (TPSA) is 49.9 Å². The van der Waals surface area contributed by atoms with Crippen LogP contribution in [0.1, 0.15) is 22.9 Å². The van der Waals surface area contributed by atoms with Crippen LogP contribution in [-0.4, -0.2) is 11.7 Å². The molecule has 10 aromatic rings. The largest absolute Gasteiger partial charge is 0.455 e. The van der Waals surface area contributed by atoms with Gasteiger partial charge >= 0.3 is 0 Å². The Morgan fingerprint density at radius 2 is 1.09 bits per heavy atom. The van der Waals surface area contributed by atoms with Crippen LogP contribution in [0, 0.1) is 0 Å². The third kappa shape index (κ3) is 5.38.